The van der Waals surface area contributed by atoms with Crippen LogP contribution in [0, 0.1) is 0 Å². The summed E-state index contributed by atoms with van der Waals surface area (Å²) in [5.41, 5.74) is 0. The molecule has 1 aliphatic rings. The van der Waals surface area contributed by atoms with Crippen molar-refractivity contribution in [3.8, 4) is 11.5 Å². The van der Waals surface area contributed by atoms with E-state index in [9.17, 15) is 0 Å². The molecule has 0 amide bonds. The average molecular weight is 348 g/mol. The molecule has 1 saturated carbocycles. The molecule has 0 radical (unpaired) electrons. The smallest absolute Gasteiger partial charge is 0.191 e. The number of guanidine groups is 1. The normalized spacial score (nSPS) is 17.1. The molecule has 1 aromatic carbocycles. The average Bonchev–Trinajstić information content (AvgIpc) is 3.46. The Labute approximate surface area is 151 Å². The van der Waals surface area contributed by atoms with Crippen molar-refractivity contribution in [2.75, 3.05) is 34.3 Å². The van der Waals surface area contributed by atoms with E-state index in [1.165, 1.54) is 12.8 Å². The fourth-order valence-electron chi connectivity index (χ4n) is 2.67. The lowest BCUT2D eigenvalue weighted by atomic mass is 10.3. The number of para-hydroxylation sites is 2. The summed E-state index contributed by atoms with van der Waals surface area (Å²) in [6.07, 6.45) is 2.64. The standard InChI is InChI=1S/C19H32N4O2/c1-14(23(4)16-10-11-16)12-21-19(20-3)22-13-15(2)25-18-9-7-6-8-17(18)24-5/h6-9,14-16H,10-13H2,1-5H3,(H2,20,21,22). The van der Waals surface area contributed by atoms with E-state index >= 15 is 0 Å². The van der Waals surface area contributed by atoms with Crippen molar-refractivity contribution in [1.29, 1.82) is 0 Å². The van der Waals surface area contributed by atoms with Gasteiger partial charge in [-0.1, -0.05) is 12.1 Å². The highest BCUT2D eigenvalue weighted by Crippen LogP contribution is 2.27. The second kappa shape index (κ2) is 9.51. The zero-order valence-corrected chi connectivity index (χ0v) is 16.1. The van der Waals surface area contributed by atoms with E-state index in [2.05, 4.69) is 34.5 Å². The van der Waals surface area contributed by atoms with Crippen molar-refractivity contribution >= 4 is 5.96 Å². The number of likely N-dealkylation sites (N-methyl/N-ethyl adjacent to an activating group) is 1. The quantitative estimate of drug-likeness (QED) is 0.529. The van der Waals surface area contributed by atoms with Crippen molar-refractivity contribution in [2.24, 2.45) is 4.99 Å². The van der Waals surface area contributed by atoms with E-state index in [0.29, 0.717) is 12.6 Å². The van der Waals surface area contributed by atoms with Crippen LogP contribution in [-0.4, -0.2) is 63.3 Å². The number of rotatable bonds is 9. The molecule has 140 valence electrons. The van der Waals surface area contributed by atoms with Gasteiger partial charge in [-0.15, -0.1) is 0 Å². The maximum absolute atomic E-state index is 5.96. The van der Waals surface area contributed by atoms with Gasteiger partial charge in [0.25, 0.3) is 0 Å². The van der Waals surface area contributed by atoms with E-state index in [0.717, 1.165) is 30.0 Å². The van der Waals surface area contributed by atoms with Crippen LogP contribution in [0.3, 0.4) is 0 Å². The predicted octanol–water partition coefficient (Wildman–Crippen LogP) is 2.11. The molecule has 2 unspecified atom stereocenters. The Morgan fingerprint density at radius 3 is 2.44 bits per heavy atom. The first kappa shape index (κ1) is 19.4. The van der Waals surface area contributed by atoms with Gasteiger partial charge in [0.05, 0.1) is 13.7 Å². The molecule has 2 atom stereocenters. The van der Waals surface area contributed by atoms with E-state index in [4.69, 9.17) is 9.47 Å². The third-order valence-corrected chi connectivity index (χ3v) is 4.56. The van der Waals surface area contributed by atoms with E-state index in [1.54, 1.807) is 14.2 Å². The molecule has 2 rings (SSSR count). The number of aliphatic imine (C=N–C) groups is 1. The Hall–Kier alpha value is -1.95. The second-order valence-corrected chi connectivity index (χ2v) is 6.66. The van der Waals surface area contributed by atoms with Crippen LogP contribution in [0.15, 0.2) is 29.3 Å². The minimum atomic E-state index is -0.0126. The zero-order chi connectivity index (χ0) is 18.2. The van der Waals surface area contributed by atoms with Crippen LogP contribution in [0.25, 0.3) is 0 Å². The Bertz CT molecular complexity index is 560. The van der Waals surface area contributed by atoms with Gasteiger partial charge in [-0.2, -0.15) is 0 Å². The van der Waals surface area contributed by atoms with Gasteiger partial charge < -0.3 is 20.1 Å². The van der Waals surface area contributed by atoms with Gasteiger partial charge in [-0.05, 0) is 45.9 Å². The fraction of sp³-hybridized carbons (Fsp3) is 0.632. The van der Waals surface area contributed by atoms with Crippen molar-refractivity contribution in [3.05, 3.63) is 24.3 Å². The number of ether oxygens (including phenoxy) is 2. The molecule has 2 N–H and O–H groups in total. The van der Waals surface area contributed by atoms with Crippen LogP contribution >= 0.6 is 0 Å². The highest BCUT2D eigenvalue weighted by atomic mass is 16.5. The zero-order valence-electron chi connectivity index (χ0n) is 16.1. The molecule has 25 heavy (non-hydrogen) atoms. The largest absolute Gasteiger partial charge is 0.493 e. The molecule has 1 aromatic rings. The van der Waals surface area contributed by atoms with Crippen LogP contribution in [0.1, 0.15) is 26.7 Å². The number of benzene rings is 1. The lowest BCUT2D eigenvalue weighted by molar-refractivity contribution is 0.213. The molecule has 0 spiro atoms. The van der Waals surface area contributed by atoms with Gasteiger partial charge >= 0.3 is 0 Å². The summed E-state index contributed by atoms with van der Waals surface area (Å²) in [4.78, 5) is 6.73. The van der Waals surface area contributed by atoms with Gasteiger partial charge in [0, 0.05) is 25.7 Å². The van der Waals surface area contributed by atoms with Gasteiger partial charge in [-0.25, -0.2) is 0 Å². The van der Waals surface area contributed by atoms with Crippen LogP contribution in [-0.2, 0) is 0 Å². The summed E-state index contributed by atoms with van der Waals surface area (Å²) < 4.78 is 11.3. The van der Waals surface area contributed by atoms with Crippen LogP contribution in [0.2, 0.25) is 0 Å². The molecule has 6 heteroatoms. The number of nitrogens with zero attached hydrogens (tertiary/aromatic N) is 2. The van der Waals surface area contributed by atoms with E-state index < -0.39 is 0 Å². The Morgan fingerprint density at radius 1 is 1.20 bits per heavy atom. The highest BCUT2D eigenvalue weighted by Gasteiger charge is 2.28. The van der Waals surface area contributed by atoms with E-state index in [-0.39, 0.29) is 6.10 Å². The summed E-state index contributed by atoms with van der Waals surface area (Å²) in [5.74, 6) is 2.29. The fourth-order valence-corrected chi connectivity index (χ4v) is 2.67. The second-order valence-electron chi connectivity index (χ2n) is 6.66. The van der Waals surface area contributed by atoms with Gasteiger partial charge in [-0.3, -0.25) is 9.89 Å². The SMILES string of the molecule is CN=C(NCC(C)Oc1ccccc1OC)NCC(C)N(C)C1CC1. The third kappa shape index (κ3) is 6.12. The first-order chi connectivity index (χ1) is 12.0. The monoisotopic (exact) mass is 348 g/mol. The summed E-state index contributed by atoms with van der Waals surface area (Å²) in [6.45, 7) is 5.79. The summed E-state index contributed by atoms with van der Waals surface area (Å²) in [7, 11) is 5.64. The molecule has 0 saturated heterocycles. The molecule has 0 aromatic heterocycles. The third-order valence-electron chi connectivity index (χ3n) is 4.56. The maximum atomic E-state index is 5.96. The Balaban J connectivity index is 1.74. The molecule has 0 aliphatic heterocycles. The van der Waals surface area contributed by atoms with Crippen LogP contribution in [0.5, 0.6) is 11.5 Å². The molecule has 0 heterocycles. The number of methoxy groups -OCH3 is 1. The number of hydrogen-bond donors (Lipinski definition) is 2. The number of nitrogens with one attached hydrogen (secondary N) is 2. The highest BCUT2D eigenvalue weighted by molar-refractivity contribution is 5.79. The Kier molecular flexibility index (Phi) is 7.37. The molecule has 6 nitrogen and oxygen atoms in total. The molecule has 1 aliphatic carbocycles. The molecular formula is C19H32N4O2. The van der Waals surface area contributed by atoms with Crippen molar-refractivity contribution < 1.29 is 9.47 Å². The summed E-state index contributed by atoms with van der Waals surface area (Å²) in [6, 6.07) is 8.93. The first-order valence-corrected chi connectivity index (χ1v) is 9.01. The van der Waals surface area contributed by atoms with Gasteiger partial charge in [0.2, 0.25) is 0 Å². The van der Waals surface area contributed by atoms with Crippen molar-refractivity contribution in [1.82, 2.24) is 15.5 Å². The van der Waals surface area contributed by atoms with Crippen molar-refractivity contribution in [2.45, 2.75) is 44.9 Å². The molecule has 1 fully saturated rings. The lowest BCUT2D eigenvalue weighted by Crippen LogP contribution is -2.47. The Morgan fingerprint density at radius 2 is 1.84 bits per heavy atom. The number of hydrogen-bond acceptors (Lipinski definition) is 4. The topological polar surface area (TPSA) is 58.1 Å². The predicted molar refractivity (Wildman–Crippen MR) is 103 cm³/mol. The summed E-state index contributed by atoms with van der Waals surface area (Å²) in [5, 5.41) is 6.71. The summed E-state index contributed by atoms with van der Waals surface area (Å²) >= 11 is 0. The lowest BCUT2D eigenvalue weighted by Gasteiger charge is -2.26. The minimum Gasteiger partial charge on any atom is -0.493 e. The van der Waals surface area contributed by atoms with Gasteiger partial charge in [0.15, 0.2) is 17.5 Å². The first-order valence-electron chi connectivity index (χ1n) is 9.01. The van der Waals surface area contributed by atoms with Crippen LogP contribution < -0.4 is 20.1 Å². The molecule has 0 bridgehead atoms. The van der Waals surface area contributed by atoms with Gasteiger partial charge in [0.1, 0.15) is 6.10 Å². The van der Waals surface area contributed by atoms with E-state index in [1.807, 2.05) is 31.2 Å². The maximum Gasteiger partial charge on any atom is 0.191 e. The van der Waals surface area contributed by atoms with Crippen molar-refractivity contribution in [3.63, 3.8) is 0 Å². The molecular weight excluding hydrogens is 316 g/mol. The minimum absolute atomic E-state index is 0.0126. The van der Waals surface area contributed by atoms with Crippen LogP contribution in [0.4, 0.5) is 0 Å².